The lowest BCUT2D eigenvalue weighted by molar-refractivity contribution is 0.121. The van der Waals surface area contributed by atoms with Crippen LogP contribution in [0.25, 0.3) is 5.70 Å². The summed E-state index contributed by atoms with van der Waals surface area (Å²) >= 11 is 0. The van der Waals surface area contributed by atoms with Gasteiger partial charge in [0.25, 0.3) is 0 Å². The van der Waals surface area contributed by atoms with E-state index < -0.39 is 0 Å². The Hall–Kier alpha value is -3.10. The molecule has 2 aliphatic heterocycles. The summed E-state index contributed by atoms with van der Waals surface area (Å²) in [5, 5.41) is 0. The van der Waals surface area contributed by atoms with Gasteiger partial charge in [0.1, 0.15) is 23.1 Å². The predicted octanol–water partition coefficient (Wildman–Crippen LogP) is 3.50. The monoisotopic (exact) mass is 451 g/mol. The Labute approximate surface area is 194 Å². The number of rotatable bonds is 7. The molecule has 7 nitrogen and oxygen atoms in total. The van der Waals surface area contributed by atoms with Gasteiger partial charge in [-0.25, -0.2) is 14.4 Å². The van der Waals surface area contributed by atoms with Crippen LogP contribution in [0, 0.1) is 5.82 Å². The zero-order chi connectivity index (χ0) is 23.0. The smallest absolute Gasteiger partial charge is 0.182 e. The Bertz CT molecular complexity index is 988. The number of morpholine rings is 2. The highest BCUT2D eigenvalue weighted by atomic mass is 19.1. The van der Waals surface area contributed by atoms with Crippen molar-refractivity contribution in [2.24, 2.45) is 4.99 Å². The van der Waals surface area contributed by atoms with Crippen molar-refractivity contribution in [2.75, 3.05) is 62.4 Å². The highest BCUT2D eigenvalue weighted by Gasteiger charge is 2.26. The molecule has 2 aromatic rings. The van der Waals surface area contributed by atoms with Gasteiger partial charge in [0, 0.05) is 38.2 Å². The molecule has 3 heterocycles. The SMILES string of the molecule is C=N/C(=C\C=C/C)c1nc(N2CCOCC2)c(Cc2ccccc2F)c(N2CCOCC2)n1. The minimum atomic E-state index is -0.233. The Morgan fingerprint density at radius 2 is 1.61 bits per heavy atom. The van der Waals surface area contributed by atoms with Crippen LogP contribution in [0.2, 0.25) is 0 Å². The van der Waals surface area contributed by atoms with Gasteiger partial charge in [-0.3, -0.25) is 4.99 Å². The number of ether oxygens (including phenoxy) is 2. The van der Waals surface area contributed by atoms with Crippen molar-refractivity contribution < 1.29 is 13.9 Å². The molecule has 0 radical (unpaired) electrons. The summed E-state index contributed by atoms with van der Waals surface area (Å²) in [6, 6.07) is 6.87. The molecule has 1 aromatic carbocycles. The van der Waals surface area contributed by atoms with E-state index in [0.717, 1.165) is 17.2 Å². The summed E-state index contributed by atoms with van der Waals surface area (Å²) in [6.45, 7) is 11.0. The van der Waals surface area contributed by atoms with E-state index in [0.29, 0.717) is 76.1 Å². The predicted molar refractivity (Wildman–Crippen MR) is 130 cm³/mol. The lowest BCUT2D eigenvalue weighted by Gasteiger charge is -2.34. The number of benzene rings is 1. The molecule has 0 saturated carbocycles. The van der Waals surface area contributed by atoms with Crippen molar-refractivity contribution in [1.29, 1.82) is 0 Å². The highest BCUT2D eigenvalue weighted by Crippen LogP contribution is 2.33. The Morgan fingerprint density at radius 1 is 1.03 bits per heavy atom. The minimum Gasteiger partial charge on any atom is -0.378 e. The van der Waals surface area contributed by atoms with Crippen molar-refractivity contribution >= 4 is 24.1 Å². The minimum absolute atomic E-state index is 0.233. The summed E-state index contributed by atoms with van der Waals surface area (Å²) in [7, 11) is 0. The first-order valence-electron chi connectivity index (χ1n) is 11.3. The van der Waals surface area contributed by atoms with Crippen LogP contribution < -0.4 is 9.80 Å². The zero-order valence-corrected chi connectivity index (χ0v) is 19.0. The van der Waals surface area contributed by atoms with E-state index in [9.17, 15) is 4.39 Å². The van der Waals surface area contributed by atoms with Crippen LogP contribution in [-0.4, -0.2) is 69.3 Å². The van der Waals surface area contributed by atoms with Crippen LogP contribution in [0.5, 0.6) is 0 Å². The first kappa shape index (κ1) is 23.1. The molecule has 0 aliphatic carbocycles. The lowest BCUT2D eigenvalue weighted by atomic mass is 10.0. The second kappa shape index (κ2) is 11.2. The average molecular weight is 452 g/mol. The molecule has 0 N–H and O–H groups in total. The van der Waals surface area contributed by atoms with E-state index in [-0.39, 0.29) is 5.82 Å². The van der Waals surface area contributed by atoms with Crippen LogP contribution >= 0.6 is 0 Å². The van der Waals surface area contributed by atoms with Gasteiger partial charge in [-0.2, -0.15) is 0 Å². The molecule has 4 rings (SSSR count). The molecule has 1 aromatic heterocycles. The third-order valence-corrected chi connectivity index (χ3v) is 5.76. The first-order valence-corrected chi connectivity index (χ1v) is 11.3. The summed E-state index contributed by atoms with van der Waals surface area (Å²) < 4.78 is 25.8. The van der Waals surface area contributed by atoms with Gasteiger partial charge in [0.05, 0.1) is 26.4 Å². The van der Waals surface area contributed by atoms with Crippen molar-refractivity contribution in [3.63, 3.8) is 0 Å². The van der Waals surface area contributed by atoms with Gasteiger partial charge in [0.15, 0.2) is 5.82 Å². The normalized spacial score (nSPS) is 17.6. The molecule has 2 fully saturated rings. The van der Waals surface area contributed by atoms with E-state index in [1.165, 1.54) is 6.07 Å². The van der Waals surface area contributed by atoms with Gasteiger partial charge >= 0.3 is 0 Å². The molecule has 0 atom stereocenters. The summed E-state index contributed by atoms with van der Waals surface area (Å²) in [5.41, 5.74) is 2.11. The Kier molecular flexibility index (Phi) is 7.80. The van der Waals surface area contributed by atoms with Crippen LogP contribution in [0.4, 0.5) is 16.0 Å². The maximum absolute atomic E-state index is 14.7. The maximum Gasteiger partial charge on any atom is 0.182 e. The van der Waals surface area contributed by atoms with Gasteiger partial charge in [-0.15, -0.1) is 0 Å². The molecule has 174 valence electrons. The van der Waals surface area contributed by atoms with Crippen LogP contribution in [-0.2, 0) is 15.9 Å². The van der Waals surface area contributed by atoms with E-state index in [4.69, 9.17) is 19.4 Å². The molecule has 2 saturated heterocycles. The average Bonchev–Trinajstić information content (AvgIpc) is 2.87. The van der Waals surface area contributed by atoms with Crippen molar-refractivity contribution in [2.45, 2.75) is 13.3 Å². The van der Waals surface area contributed by atoms with Gasteiger partial charge in [-0.05, 0) is 31.3 Å². The molecule has 8 heteroatoms. The summed E-state index contributed by atoms with van der Waals surface area (Å²) in [6.07, 6.45) is 6.06. The fourth-order valence-electron chi connectivity index (χ4n) is 4.02. The molecular formula is C25H30FN5O2. The molecule has 0 bridgehead atoms. The van der Waals surface area contributed by atoms with Crippen LogP contribution in [0.1, 0.15) is 23.9 Å². The molecule has 2 aliphatic rings. The van der Waals surface area contributed by atoms with Crippen LogP contribution in [0.15, 0.2) is 47.5 Å². The Balaban J connectivity index is 1.89. The third-order valence-electron chi connectivity index (χ3n) is 5.76. The number of nitrogens with zero attached hydrogens (tertiary/aromatic N) is 5. The highest BCUT2D eigenvalue weighted by molar-refractivity contribution is 5.70. The molecule has 0 unspecified atom stereocenters. The number of anilines is 2. The van der Waals surface area contributed by atoms with Crippen molar-refractivity contribution in [1.82, 2.24) is 9.97 Å². The van der Waals surface area contributed by atoms with E-state index >= 15 is 0 Å². The number of hydrogen-bond donors (Lipinski definition) is 0. The van der Waals surface area contributed by atoms with Crippen molar-refractivity contribution in [3.05, 3.63) is 65.3 Å². The zero-order valence-electron chi connectivity index (χ0n) is 19.0. The number of hydrogen-bond acceptors (Lipinski definition) is 7. The topological polar surface area (TPSA) is 63.1 Å². The fourth-order valence-corrected chi connectivity index (χ4v) is 4.02. The number of halogens is 1. The fraction of sp³-hybridized carbons (Fsp3) is 0.400. The second-order valence-corrected chi connectivity index (χ2v) is 7.88. The Morgan fingerprint density at radius 3 is 2.12 bits per heavy atom. The van der Waals surface area contributed by atoms with E-state index in [1.807, 2.05) is 37.3 Å². The summed E-state index contributed by atoms with van der Waals surface area (Å²) in [4.78, 5) is 18.5. The molecule has 0 spiro atoms. The molecular weight excluding hydrogens is 421 g/mol. The summed E-state index contributed by atoms with van der Waals surface area (Å²) in [5.74, 6) is 1.86. The van der Waals surface area contributed by atoms with Crippen LogP contribution in [0.3, 0.4) is 0 Å². The number of allylic oxidation sites excluding steroid dienone is 3. The molecule has 0 amide bonds. The van der Waals surface area contributed by atoms with Gasteiger partial charge < -0.3 is 19.3 Å². The first-order chi connectivity index (χ1) is 16.2. The maximum atomic E-state index is 14.7. The molecule has 33 heavy (non-hydrogen) atoms. The number of aromatic nitrogens is 2. The van der Waals surface area contributed by atoms with E-state index in [1.54, 1.807) is 6.07 Å². The van der Waals surface area contributed by atoms with Gasteiger partial charge in [0.2, 0.25) is 0 Å². The second-order valence-electron chi connectivity index (χ2n) is 7.88. The number of aliphatic imine (C=N–C) groups is 1. The van der Waals surface area contributed by atoms with E-state index in [2.05, 4.69) is 21.5 Å². The van der Waals surface area contributed by atoms with Gasteiger partial charge in [-0.1, -0.05) is 30.4 Å². The quantitative estimate of drug-likeness (QED) is 0.474. The largest absolute Gasteiger partial charge is 0.378 e. The standard InChI is InChI=1S/C25H30FN5O2/c1-3-4-9-22(27-2)23-28-24(30-10-14-32-15-11-30)20(18-19-7-5-6-8-21(19)26)25(29-23)31-12-16-33-17-13-31/h3-9H,2,10-18H2,1H3/b4-3-,22-9-. The third kappa shape index (κ3) is 5.46. The van der Waals surface area contributed by atoms with Crippen molar-refractivity contribution in [3.8, 4) is 0 Å². The lowest BCUT2D eigenvalue weighted by Crippen LogP contribution is -2.40.